The van der Waals surface area contributed by atoms with E-state index in [1.165, 1.54) is 44.7 Å². The van der Waals surface area contributed by atoms with Crippen molar-refractivity contribution in [1.29, 1.82) is 0 Å². The predicted molar refractivity (Wildman–Crippen MR) is 121 cm³/mol. The van der Waals surface area contributed by atoms with Crippen LogP contribution in [-0.2, 0) is 10.0 Å². The lowest BCUT2D eigenvalue weighted by molar-refractivity contribution is 0.354. The van der Waals surface area contributed by atoms with Gasteiger partial charge in [-0.05, 0) is 42.5 Å². The number of benzene rings is 2. The lowest BCUT2D eigenvalue weighted by Gasteiger charge is -2.12. The average Bonchev–Trinajstić information content (AvgIpc) is 2.80. The molecule has 4 aromatic rings. The summed E-state index contributed by atoms with van der Waals surface area (Å²) in [6, 6.07) is 14.8. The van der Waals surface area contributed by atoms with Gasteiger partial charge in [0.05, 0.1) is 36.5 Å². The van der Waals surface area contributed by atoms with Crippen LogP contribution in [0.25, 0.3) is 10.9 Å². The van der Waals surface area contributed by atoms with Crippen LogP contribution in [0.4, 0.5) is 5.69 Å². The lowest BCUT2D eigenvalue weighted by Crippen LogP contribution is -2.13. The van der Waals surface area contributed by atoms with Crippen molar-refractivity contribution in [2.24, 2.45) is 0 Å². The summed E-state index contributed by atoms with van der Waals surface area (Å²) < 4.78 is 44.0. The number of methoxy groups -OCH3 is 2. The van der Waals surface area contributed by atoms with Crippen LogP contribution in [0.5, 0.6) is 23.1 Å². The minimum absolute atomic E-state index is 0.00336. The maximum absolute atomic E-state index is 12.8. The van der Waals surface area contributed by atoms with Crippen molar-refractivity contribution in [3.63, 3.8) is 0 Å². The van der Waals surface area contributed by atoms with Gasteiger partial charge in [-0.15, -0.1) is 0 Å². The van der Waals surface area contributed by atoms with Crippen LogP contribution >= 0.6 is 11.6 Å². The number of fused-ring (bicyclic) bond motifs is 1. The van der Waals surface area contributed by atoms with E-state index in [1.54, 1.807) is 12.3 Å². The van der Waals surface area contributed by atoms with Gasteiger partial charge in [0.25, 0.3) is 10.0 Å². The van der Waals surface area contributed by atoms with E-state index in [-0.39, 0.29) is 21.5 Å². The Balaban J connectivity index is 1.55. The number of hydrogen-bond acceptors (Lipinski definition) is 7. The molecule has 0 spiro atoms. The molecule has 10 heteroatoms. The summed E-state index contributed by atoms with van der Waals surface area (Å²) in [6.45, 7) is 0. The first-order valence-electron chi connectivity index (χ1n) is 9.32. The molecular weight excluding hydrogens is 454 g/mol. The summed E-state index contributed by atoms with van der Waals surface area (Å²) in [6.07, 6.45) is 3.03. The van der Waals surface area contributed by atoms with Gasteiger partial charge in [0.15, 0.2) is 11.5 Å². The van der Waals surface area contributed by atoms with Crippen LogP contribution < -0.4 is 18.9 Å². The predicted octanol–water partition coefficient (Wildman–Crippen LogP) is 4.89. The van der Waals surface area contributed by atoms with Gasteiger partial charge in [-0.2, -0.15) is 0 Å². The summed E-state index contributed by atoms with van der Waals surface area (Å²) in [5.41, 5.74) is 1.01. The quantitative estimate of drug-likeness (QED) is 0.409. The van der Waals surface area contributed by atoms with Crippen molar-refractivity contribution >= 4 is 38.2 Å². The topological polar surface area (TPSA) is 99.6 Å². The molecular formula is C22H18ClN3O5S. The Morgan fingerprint density at radius 2 is 1.75 bits per heavy atom. The number of hydrogen-bond donors (Lipinski definition) is 1. The number of nitrogens with zero attached hydrogens (tertiary/aromatic N) is 2. The third-order valence-corrected chi connectivity index (χ3v) is 6.16. The van der Waals surface area contributed by atoms with E-state index in [2.05, 4.69) is 14.7 Å². The van der Waals surface area contributed by atoms with Crippen LogP contribution in [-0.4, -0.2) is 32.6 Å². The Labute approximate surface area is 189 Å². The van der Waals surface area contributed by atoms with Gasteiger partial charge < -0.3 is 14.2 Å². The molecule has 2 aromatic heterocycles. The zero-order valence-electron chi connectivity index (χ0n) is 17.1. The first kappa shape index (κ1) is 21.7. The highest BCUT2D eigenvalue weighted by Gasteiger charge is 2.18. The highest BCUT2D eigenvalue weighted by Crippen LogP contribution is 2.33. The molecule has 4 rings (SSSR count). The molecule has 2 heterocycles. The number of anilines is 1. The number of halogens is 1. The molecule has 0 aliphatic rings. The van der Waals surface area contributed by atoms with Gasteiger partial charge >= 0.3 is 0 Å². The Hall–Kier alpha value is -3.56. The standard InChI is InChI=1S/C22H18ClN3O5S/c1-29-20-8-6-17(12-21(20)30-2)32(27,28)26-15-11-18(23)22(25-13-15)31-16-5-7-19-14(10-16)4-3-9-24-19/h3-13,26H,1-2H3. The number of sulfonamides is 1. The summed E-state index contributed by atoms with van der Waals surface area (Å²) >= 11 is 6.29. The zero-order valence-corrected chi connectivity index (χ0v) is 18.6. The van der Waals surface area contributed by atoms with Crippen LogP contribution in [0.15, 0.2) is 71.9 Å². The fourth-order valence-corrected chi connectivity index (χ4v) is 4.24. The third kappa shape index (κ3) is 4.53. The average molecular weight is 472 g/mol. The molecule has 164 valence electrons. The van der Waals surface area contributed by atoms with Crippen molar-refractivity contribution in [2.45, 2.75) is 4.90 Å². The Kier molecular flexibility index (Phi) is 6.02. The molecule has 8 nitrogen and oxygen atoms in total. The molecule has 0 aliphatic carbocycles. The van der Waals surface area contributed by atoms with Crippen molar-refractivity contribution in [3.8, 4) is 23.1 Å². The van der Waals surface area contributed by atoms with E-state index in [9.17, 15) is 8.42 Å². The molecule has 0 atom stereocenters. The minimum Gasteiger partial charge on any atom is -0.493 e. The number of pyridine rings is 2. The molecule has 0 saturated carbocycles. The fourth-order valence-electron chi connectivity index (χ4n) is 2.98. The maximum atomic E-state index is 12.8. The zero-order chi connectivity index (χ0) is 22.7. The molecule has 0 fully saturated rings. The Bertz CT molecular complexity index is 1400. The van der Waals surface area contributed by atoms with E-state index < -0.39 is 10.0 Å². The molecule has 0 aliphatic heterocycles. The monoisotopic (exact) mass is 471 g/mol. The van der Waals surface area contributed by atoms with E-state index in [0.717, 1.165) is 10.9 Å². The summed E-state index contributed by atoms with van der Waals surface area (Å²) in [5.74, 6) is 1.38. The molecule has 1 N–H and O–H groups in total. The largest absolute Gasteiger partial charge is 0.493 e. The fraction of sp³-hybridized carbons (Fsp3) is 0.0909. The van der Waals surface area contributed by atoms with Gasteiger partial charge in [-0.3, -0.25) is 9.71 Å². The smallest absolute Gasteiger partial charge is 0.262 e. The molecule has 0 radical (unpaired) electrons. The summed E-state index contributed by atoms with van der Waals surface area (Å²) in [4.78, 5) is 8.41. The van der Waals surface area contributed by atoms with E-state index in [0.29, 0.717) is 17.2 Å². The van der Waals surface area contributed by atoms with E-state index in [1.807, 2.05) is 24.3 Å². The van der Waals surface area contributed by atoms with E-state index in [4.69, 9.17) is 25.8 Å². The molecule has 0 unspecified atom stereocenters. The second-order valence-corrected chi connectivity index (χ2v) is 8.68. The number of ether oxygens (including phenoxy) is 3. The van der Waals surface area contributed by atoms with Crippen molar-refractivity contribution < 1.29 is 22.6 Å². The summed E-state index contributed by atoms with van der Waals surface area (Å²) in [5, 5.41) is 1.05. The Morgan fingerprint density at radius 1 is 0.938 bits per heavy atom. The molecule has 32 heavy (non-hydrogen) atoms. The molecule has 2 aromatic carbocycles. The van der Waals surface area contributed by atoms with Gasteiger partial charge in [-0.25, -0.2) is 13.4 Å². The van der Waals surface area contributed by atoms with Crippen LogP contribution in [0.3, 0.4) is 0 Å². The highest BCUT2D eigenvalue weighted by atomic mass is 35.5. The molecule has 0 bridgehead atoms. The van der Waals surface area contributed by atoms with Crippen LogP contribution in [0, 0.1) is 0 Å². The second kappa shape index (κ2) is 8.89. The third-order valence-electron chi connectivity index (χ3n) is 4.51. The van der Waals surface area contributed by atoms with Crippen molar-refractivity contribution in [3.05, 3.63) is 72.0 Å². The first-order chi connectivity index (χ1) is 15.4. The SMILES string of the molecule is COc1ccc(S(=O)(=O)Nc2cnc(Oc3ccc4ncccc4c3)c(Cl)c2)cc1OC. The normalized spacial score (nSPS) is 11.2. The van der Waals surface area contributed by atoms with Crippen LogP contribution in [0.1, 0.15) is 0 Å². The molecule has 0 saturated heterocycles. The maximum Gasteiger partial charge on any atom is 0.262 e. The highest BCUT2D eigenvalue weighted by molar-refractivity contribution is 7.92. The van der Waals surface area contributed by atoms with Crippen LogP contribution in [0.2, 0.25) is 5.02 Å². The number of rotatable bonds is 7. The lowest BCUT2D eigenvalue weighted by atomic mass is 10.2. The number of aromatic nitrogens is 2. The van der Waals surface area contributed by atoms with Crippen molar-refractivity contribution in [2.75, 3.05) is 18.9 Å². The van der Waals surface area contributed by atoms with Gasteiger partial charge in [0.1, 0.15) is 10.8 Å². The summed E-state index contributed by atoms with van der Waals surface area (Å²) in [7, 11) is -1.02. The van der Waals surface area contributed by atoms with Gasteiger partial charge in [-0.1, -0.05) is 17.7 Å². The van der Waals surface area contributed by atoms with Gasteiger partial charge in [0.2, 0.25) is 5.88 Å². The molecule has 0 amide bonds. The first-order valence-corrected chi connectivity index (χ1v) is 11.2. The second-order valence-electron chi connectivity index (χ2n) is 6.59. The Morgan fingerprint density at radius 3 is 2.50 bits per heavy atom. The minimum atomic E-state index is -3.92. The van der Waals surface area contributed by atoms with E-state index >= 15 is 0 Å². The number of nitrogens with one attached hydrogen (secondary N) is 1. The van der Waals surface area contributed by atoms with Crippen molar-refractivity contribution in [1.82, 2.24) is 9.97 Å². The van der Waals surface area contributed by atoms with Gasteiger partial charge in [0, 0.05) is 17.6 Å².